The monoisotopic (exact) mass is 423 g/mol. The number of nitrogens with zero attached hydrogens (tertiary/aromatic N) is 3. The Morgan fingerprint density at radius 3 is 2.44 bits per heavy atom. The molecule has 0 amide bonds. The van der Waals surface area contributed by atoms with Crippen LogP contribution in [0.15, 0.2) is 59.2 Å². The Bertz CT molecular complexity index is 927. The fourth-order valence-electron chi connectivity index (χ4n) is 3.47. The van der Waals surface area contributed by atoms with Crippen LogP contribution < -0.4 is 0 Å². The third-order valence-electron chi connectivity index (χ3n) is 5.11. The predicted molar refractivity (Wildman–Crippen MR) is 109 cm³/mol. The van der Waals surface area contributed by atoms with E-state index in [0.717, 1.165) is 27.2 Å². The van der Waals surface area contributed by atoms with Crippen molar-refractivity contribution in [1.82, 2.24) is 15.0 Å². The van der Waals surface area contributed by atoms with E-state index in [4.69, 9.17) is 0 Å². The maximum absolute atomic E-state index is 12.8. The lowest BCUT2D eigenvalue weighted by atomic mass is 9.89. The summed E-state index contributed by atoms with van der Waals surface area (Å²) in [5, 5.41) is 8.31. The van der Waals surface area contributed by atoms with Crippen LogP contribution in [0.4, 0.5) is 0 Å². The van der Waals surface area contributed by atoms with Crippen LogP contribution in [0.3, 0.4) is 0 Å². The minimum atomic E-state index is -0.0787. The van der Waals surface area contributed by atoms with Crippen LogP contribution in [-0.2, 0) is 18.3 Å². The Labute approximate surface area is 167 Å². The Morgan fingerprint density at radius 2 is 1.85 bits per heavy atom. The lowest BCUT2D eigenvalue weighted by Gasteiger charge is -2.14. The van der Waals surface area contributed by atoms with Crippen molar-refractivity contribution in [2.45, 2.75) is 37.5 Å². The summed E-state index contributed by atoms with van der Waals surface area (Å²) in [4.78, 5) is 12.8. The van der Waals surface area contributed by atoms with E-state index in [-0.39, 0.29) is 11.7 Å². The molecule has 1 aromatic heterocycles. The predicted octanol–water partition coefficient (Wildman–Crippen LogP) is 4.79. The van der Waals surface area contributed by atoms with Crippen molar-refractivity contribution in [2.24, 2.45) is 7.05 Å². The first-order valence-corrected chi connectivity index (χ1v) is 10.1. The normalized spacial score (nSPS) is 14.9. The maximum atomic E-state index is 12.8. The number of rotatable bonds is 7. The summed E-state index contributed by atoms with van der Waals surface area (Å²) in [6.07, 6.45) is 5.36. The second-order valence-electron chi connectivity index (χ2n) is 7.36. The highest BCUT2D eigenvalue weighted by atomic mass is 79.9. The molecular weight excluding hydrogens is 402 g/mol. The summed E-state index contributed by atoms with van der Waals surface area (Å²) in [6, 6.07) is 16.6. The lowest BCUT2D eigenvalue weighted by molar-refractivity contribution is -0.118. The van der Waals surface area contributed by atoms with Crippen LogP contribution >= 0.6 is 15.9 Å². The molecule has 1 aliphatic carbocycles. The van der Waals surface area contributed by atoms with Crippen molar-refractivity contribution < 1.29 is 4.79 Å². The number of benzene rings is 2. The number of hydrogen-bond donors (Lipinski definition) is 0. The summed E-state index contributed by atoms with van der Waals surface area (Å²) in [6.45, 7) is 0. The van der Waals surface area contributed by atoms with E-state index in [1.165, 1.54) is 18.4 Å². The average Bonchev–Trinajstić information content (AvgIpc) is 3.42. The van der Waals surface area contributed by atoms with Gasteiger partial charge in [-0.15, -0.1) is 5.10 Å². The molecule has 0 bridgehead atoms. The van der Waals surface area contributed by atoms with Gasteiger partial charge in [0.25, 0.3) is 0 Å². The van der Waals surface area contributed by atoms with Gasteiger partial charge < -0.3 is 0 Å². The molecule has 0 unspecified atom stereocenters. The minimum Gasteiger partial charge on any atom is -0.299 e. The van der Waals surface area contributed by atoms with Crippen molar-refractivity contribution in [3.63, 3.8) is 0 Å². The Morgan fingerprint density at radius 1 is 1.15 bits per heavy atom. The Hall–Kier alpha value is -2.27. The molecule has 0 saturated heterocycles. The van der Waals surface area contributed by atoms with Gasteiger partial charge in [-0.3, -0.25) is 9.48 Å². The van der Waals surface area contributed by atoms with E-state index in [2.05, 4.69) is 50.5 Å². The van der Waals surface area contributed by atoms with Gasteiger partial charge >= 0.3 is 0 Å². The molecule has 2 aromatic carbocycles. The molecule has 1 atom stereocenters. The van der Waals surface area contributed by atoms with Crippen molar-refractivity contribution in [3.8, 4) is 0 Å². The zero-order valence-corrected chi connectivity index (χ0v) is 16.9. The second-order valence-corrected chi connectivity index (χ2v) is 8.27. The van der Waals surface area contributed by atoms with Crippen LogP contribution in [0.25, 0.3) is 0 Å². The van der Waals surface area contributed by atoms with Crippen LogP contribution in [0.2, 0.25) is 0 Å². The third-order valence-corrected chi connectivity index (χ3v) is 5.64. The molecule has 1 aliphatic rings. The topological polar surface area (TPSA) is 47.8 Å². The van der Waals surface area contributed by atoms with Gasteiger partial charge in [0.1, 0.15) is 5.78 Å². The van der Waals surface area contributed by atoms with Crippen molar-refractivity contribution in [3.05, 3.63) is 81.6 Å². The van der Waals surface area contributed by atoms with Gasteiger partial charge in [0, 0.05) is 36.5 Å². The molecule has 138 valence electrons. The van der Waals surface area contributed by atoms with E-state index in [0.29, 0.717) is 12.8 Å². The molecule has 0 aliphatic heterocycles. The van der Waals surface area contributed by atoms with Gasteiger partial charge in [0.2, 0.25) is 0 Å². The fraction of sp³-hybridized carbons (Fsp3) is 0.318. The highest BCUT2D eigenvalue weighted by Gasteiger charge is 2.24. The van der Waals surface area contributed by atoms with Crippen LogP contribution in [0.1, 0.15) is 53.5 Å². The maximum Gasteiger partial charge on any atom is 0.138 e. The first-order valence-electron chi connectivity index (χ1n) is 9.30. The van der Waals surface area contributed by atoms with Crippen LogP contribution in [-0.4, -0.2) is 20.8 Å². The molecule has 3 aromatic rings. The summed E-state index contributed by atoms with van der Waals surface area (Å²) < 4.78 is 2.70. The lowest BCUT2D eigenvalue weighted by Crippen LogP contribution is -2.11. The first kappa shape index (κ1) is 18.1. The quantitative estimate of drug-likeness (QED) is 0.548. The molecule has 0 radical (unpaired) electrons. The van der Waals surface area contributed by atoms with E-state index in [9.17, 15) is 4.79 Å². The second kappa shape index (κ2) is 7.77. The molecule has 5 heteroatoms. The van der Waals surface area contributed by atoms with Crippen LogP contribution in [0, 0.1) is 0 Å². The highest BCUT2D eigenvalue weighted by molar-refractivity contribution is 9.10. The Balaban J connectivity index is 1.49. The standard InChI is InChI=1S/C22H22BrN3O/c1-26-14-22(24-25-26)21(18-8-10-19(23)11-9-18)13-20(27)12-15-2-4-16(5-3-15)17-6-7-17/h2-5,8-11,14,17,21H,6-7,12-13H2,1H3/t21-/m0/s1. The number of aromatic nitrogens is 3. The fourth-order valence-corrected chi connectivity index (χ4v) is 3.73. The van der Waals surface area contributed by atoms with Crippen molar-refractivity contribution >= 4 is 21.7 Å². The molecular formula is C22H22BrN3O. The highest BCUT2D eigenvalue weighted by Crippen LogP contribution is 2.40. The third kappa shape index (κ3) is 4.53. The van der Waals surface area contributed by atoms with E-state index >= 15 is 0 Å². The number of carbonyl (C=O) groups excluding carboxylic acids is 1. The van der Waals surface area contributed by atoms with Crippen molar-refractivity contribution in [2.75, 3.05) is 0 Å². The van der Waals surface area contributed by atoms with Gasteiger partial charge in [-0.05, 0) is 47.6 Å². The molecule has 1 saturated carbocycles. The number of aryl methyl sites for hydroxylation is 1. The van der Waals surface area contributed by atoms with Gasteiger partial charge in [-0.1, -0.05) is 57.5 Å². The summed E-state index contributed by atoms with van der Waals surface area (Å²) >= 11 is 3.47. The van der Waals surface area contributed by atoms with Crippen molar-refractivity contribution in [1.29, 1.82) is 0 Å². The summed E-state index contributed by atoms with van der Waals surface area (Å²) in [7, 11) is 1.85. The number of Topliss-reactive ketones (excluding diaryl/α,β-unsaturated/α-hetero) is 1. The molecule has 1 heterocycles. The van der Waals surface area contributed by atoms with Gasteiger partial charge in [0.05, 0.1) is 5.69 Å². The Kier molecular flexibility index (Phi) is 5.21. The summed E-state index contributed by atoms with van der Waals surface area (Å²) in [5.74, 6) is 0.881. The first-order chi connectivity index (χ1) is 13.1. The number of halogens is 1. The molecule has 0 N–H and O–H groups in total. The van der Waals surface area contributed by atoms with Gasteiger partial charge in [-0.2, -0.15) is 0 Å². The van der Waals surface area contributed by atoms with E-state index in [1.807, 2.05) is 37.5 Å². The van der Waals surface area contributed by atoms with E-state index < -0.39 is 0 Å². The zero-order valence-electron chi connectivity index (χ0n) is 15.3. The SMILES string of the molecule is Cn1cc([C@@H](CC(=O)Cc2ccc(C3CC3)cc2)c2ccc(Br)cc2)nn1. The summed E-state index contributed by atoms with van der Waals surface area (Å²) in [5.41, 5.74) is 4.39. The van der Waals surface area contributed by atoms with Gasteiger partial charge in [-0.25, -0.2) is 0 Å². The molecule has 4 rings (SSSR count). The van der Waals surface area contributed by atoms with Gasteiger partial charge in [0.15, 0.2) is 0 Å². The van der Waals surface area contributed by atoms with Crippen LogP contribution in [0.5, 0.6) is 0 Å². The van der Waals surface area contributed by atoms with E-state index in [1.54, 1.807) is 4.68 Å². The average molecular weight is 424 g/mol. The molecule has 27 heavy (non-hydrogen) atoms. The molecule has 4 nitrogen and oxygen atoms in total. The number of ketones is 1. The minimum absolute atomic E-state index is 0.0787. The molecule has 1 fully saturated rings. The smallest absolute Gasteiger partial charge is 0.138 e. The zero-order chi connectivity index (χ0) is 18.8. The molecule has 0 spiro atoms. The number of hydrogen-bond acceptors (Lipinski definition) is 3. The largest absolute Gasteiger partial charge is 0.299 e. The number of carbonyl (C=O) groups is 1.